The topological polar surface area (TPSA) is 111 Å². The fraction of sp³-hybridized carbons (Fsp3) is 0.579. The lowest BCUT2D eigenvalue weighted by atomic mass is 9.90. The Balaban J connectivity index is 1.66. The number of nitrogens with zero attached hydrogens (tertiary/aromatic N) is 1. The molecule has 0 aliphatic carbocycles. The summed E-state index contributed by atoms with van der Waals surface area (Å²) < 4.78 is 6.16. The van der Waals surface area contributed by atoms with Crippen molar-refractivity contribution in [2.75, 3.05) is 25.0 Å². The van der Waals surface area contributed by atoms with E-state index in [-0.39, 0.29) is 23.8 Å². The van der Waals surface area contributed by atoms with Crippen LogP contribution in [-0.4, -0.2) is 48.5 Å². The Morgan fingerprint density at radius 1 is 1.35 bits per heavy atom. The number of nitrogens with one attached hydrogen (secondary N) is 1. The third-order valence-corrected chi connectivity index (χ3v) is 5.33. The van der Waals surface area contributed by atoms with Gasteiger partial charge >= 0.3 is 0 Å². The Labute approximate surface area is 154 Å². The summed E-state index contributed by atoms with van der Waals surface area (Å²) in [5.74, 6) is 0.665. The molecule has 142 valence electrons. The van der Waals surface area contributed by atoms with Crippen molar-refractivity contribution in [2.24, 2.45) is 23.3 Å². The van der Waals surface area contributed by atoms with E-state index in [0.717, 1.165) is 25.1 Å². The van der Waals surface area contributed by atoms with Gasteiger partial charge in [0, 0.05) is 24.6 Å². The van der Waals surface area contributed by atoms with E-state index in [1.165, 1.54) is 0 Å². The number of hydrogen-bond donors (Lipinski definition) is 3. The second kappa shape index (κ2) is 7.53. The Bertz CT molecular complexity index is 691. The molecule has 0 aromatic heterocycles. The van der Waals surface area contributed by atoms with E-state index >= 15 is 0 Å². The van der Waals surface area contributed by atoms with Crippen molar-refractivity contribution >= 4 is 17.5 Å². The van der Waals surface area contributed by atoms with E-state index in [1.807, 2.05) is 18.7 Å². The molecule has 2 heterocycles. The van der Waals surface area contributed by atoms with Gasteiger partial charge in [0.1, 0.15) is 11.9 Å². The van der Waals surface area contributed by atoms with E-state index < -0.39 is 11.9 Å². The Morgan fingerprint density at radius 2 is 2.12 bits per heavy atom. The highest BCUT2D eigenvalue weighted by atomic mass is 16.5. The van der Waals surface area contributed by atoms with Crippen LogP contribution in [0.1, 0.15) is 37.0 Å². The van der Waals surface area contributed by atoms with Gasteiger partial charge in [0.25, 0.3) is 0 Å². The molecule has 3 rings (SSSR count). The molecule has 1 saturated heterocycles. The predicted octanol–water partition coefficient (Wildman–Crippen LogP) is 1.18. The molecule has 2 aliphatic heterocycles. The minimum Gasteiger partial charge on any atom is -0.486 e. The van der Waals surface area contributed by atoms with Crippen LogP contribution in [-0.2, 0) is 4.79 Å². The van der Waals surface area contributed by atoms with Crippen LogP contribution in [0.4, 0.5) is 5.69 Å². The maximum Gasteiger partial charge on any atom is 0.248 e. The number of hydrogen-bond acceptors (Lipinski definition) is 5. The number of piperidine rings is 1. The monoisotopic (exact) mass is 360 g/mol. The van der Waals surface area contributed by atoms with Crippen molar-refractivity contribution in [3.63, 3.8) is 0 Å². The van der Waals surface area contributed by atoms with Crippen LogP contribution in [0, 0.1) is 11.8 Å². The highest BCUT2D eigenvalue weighted by molar-refractivity contribution is 5.94. The molecule has 1 aromatic rings. The van der Waals surface area contributed by atoms with Crippen LogP contribution < -0.4 is 21.5 Å². The summed E-state index contributed by atoms with van der Waals surface area (Å²) in [7, 11) is 0. The van der Waals surface area contributed by atoms with Crippen LogP contribution in [0.15, 0.2) is 18.2 Å². The number of benzene rings is 1. The van der Waals surface area contributed by atoms with Crippen LogP contribution in [0.3, 0.4) is 0 Å². The fourth-order valence-electron chi connectivity index (χ4n) is 3.61. The maximum absolute atomic E-state index is 12.6. The predicted molar refractivity (Wildman–Crippen MR) is 100.0 cm³/mol. The first-order valence-corrected chi connectivity index (χ1v) is 9.25. The van der Waals surface area contributed by atoms with Gasteiger partial charge in [-0.15, -0.1) is 0 Å². The molecule has 1 fully saturated rings. The van der Waals surface area contributed by atoms with Crippen LogP contribution >= 0.6 is 0 Å². The van der Waals surface area contributed by atoms with Crippen molar-refractivity contribution < 1.29 is 14.3 Å². The van der Waals surface area contributed by atoms with Crippen LogP contribution in [0.25, 0.3) is 0 Å². The summed E-state index contributed by atoms with van der Waals surface area (Å²) in [6.45, 7) is 6.00. The molecule has 1 unspecified atom stereocenters. The molecule has 7 nitrogen and oxygen atoms in total. The molecule has 0 saturated carbocycles. The minimum atomic E-state index is -0.459. The van der Waals surface area contributed by atoms with Crippen molar-refractivity contribution in [3.05, 3.63) is 23.8 Å². The van der Waals surface area contributed by atoms with Crippen molar-refractivity contribution in [1.82, 2.24) is 4.90 Å². The maximum atomic E-state index is 12.6. The van der Waals surface area contributed by atoms with Gasteiger partial charge < -0.3 is 26.4 Å². The lowest BCUT2D eigenvalue weighted by molar-refractivity contribution is -0.136. The van der Waals surface area contributed by atoms with Crippen LogP contribution in [0.5, 0.6) is 5.75 Å². The molecule has 0 bridgehead atoms. The van der Waals surface area contributed by atoms with Crippen molar-refractivity contribution in [1.29, 1.82) is 0 Å². The van der Waals surface area contributed by atoms with E-state index in [4.69, 9.17) is 16.2 Å². The van der Waals surface area contributed by atoms with Gasteiger partial charge in [-0.3, -0.25) is 9.59 Å². The number of carbonyl (C=O) groups excluding carboxylic acids is 2. The number of ether oxygens (including phenoxy) is 1. The molecular formula is C19H28N4O3. The first-order chi connectivity index (χ1) is 12.4. The molecule has 5 N–H and O–H groups in total. The molecular weight excluding hydrogens is 332 g/mol. The standard InChI is InChI=1S/C19H28N4O3/c1-11(2)17(20)19(25)23-7-3-4-13(10-23)16-9-22-14-8-12(18(21)24)5-6-15(14)26-16/h5-6,8,11,13,16-17,22H,3-4,7,9-10,20H2,1-2H3,(H2,21,24)/t13-,16?,17+/m1/s1. The summed E-state index contributed by atoms with van der Waals surface area (Å²) in [6, 6.07) is 4.71. The number of primary amides is 1. The Morgan fingerprint density at radius 3 is 2.81 bits per heavy atom. The van der Waals surface area contributed by atoms with Crippen LogP contribution in [0.2, 0.25) is 0 Å². The number of carbonyl (C=O) groups is 2. The number of fused-ring (bicyclic) bond motifs is 1. The molecule has 1 aromatic carbocycles. The van der Waals surface area contributed by atoms with E-state index in [1.54, 1.807) is 18.2 Å². The summed E-state index contributed by atoms with van der Waals surface area (Å²) in [4.78, 5) is 25.8. The number of anilines is 1. The zero-order valence-corrected chi connectivity index (χ0v) is 15.4. The molecule has 7 heteroatoms. The van der Waals surface area contributed by atoms with Gasteiger partial charge in [-0.05, 0) is 37.0 Å². The summed E-state index contributed by atoms with van der Waals surface area (Å²) in [5, 5.41) is 3.33. The lowest BCUT2D eigenvalue weighted by Crippen LogP contribution is -2.53. The Hall–Kier alpha value is -2.28. The van der Waals surface area contributed by atoms with E-state index in [9.17, 15) is 9.59 Å². The second-order valence-corrected chi connectivity index (χ2v) is 7.57. The van der Waals surface area contributed by atoms with Gasteiger partial charge in [-0.1, -0.05) is 13.8 Å². The molecule has 0 radical (unpaired) electrons. The fourth-order valence-corrected chi connectivity index (χ4v) is 3.61. The zero-order chi connectivity index (χ0) is 18.8. The van der Waals surface area contributed by atoms with Crippen molar-refractivity contribution in [3.8, 4) is 5.75 Å². The number of amides is 2. The van der Waals surface area contributed by atoms with Gasteiger partial charge in [-0.25, -0.2) is 0 Å². The van der Waals surface area contributed by atoms with Gasteiger partial charge in [-0.2, -0.15) is 0 Å². The highest BCUT2D eigenvalue weighted by Gasteiger charge is 2.34. The quantitative estimate of drug-likeness (QED) is 0.747. The SMILES string of the molecule is CC(C)[C@H](N)C(=O)N1CCC[C@@H](C2CNc3cc(C(N)=O)ccc3O2)C1. The highest BCUT2D eigenvalue weighted by Crippen LogP contribution is 2.33. The summed E-state index contributed by atoms with van der Waals surface area (Å²) >= 11 is 0. The molecule has 3 atom stereocenters. The first-order valence-electron chi connectivity index (χ1n) is 9.25. The molecule has 26 heavy (non-hydrogen) atoms. The molecule has 2 amide bonds. The zero-order valence-electron chi connectivity index (χ0n) is 15.4. The summed E-state index contributed by atoms with van der Waals surface area (Å²) in [5.41, 5.74) is 12.6. The summed E-state index contributed by atoms with van der Waals surface area (Å²) in [6.07, 6.45) is 1.95. The lowest BCUT2D eigenvalue weighted by Gasteiger charge is -2.40. The van der Waals surface area contributed by atoms with E-state index in [0.29, 0.717) is 24.4 Å². The minimum absolute atomic E-state index is 0.0206. The average molecular weight is 360 g/mol. The molecule has 0 spiro atoms. The van der Waals surface area contributed by atoms with Gasteiger partial charge in [0.05, 0.1) is 18.3 Å². The van der Waals surface area contributed by atoms with Gasteiger partial charge in [0.15, 0.2) is 0 Å². The Kier molecular flexibility index (Phi) is 5.36. The van der Waals surface area contributed by atoms with Crippen molar-refractivity contribution in [2.45, 2.75) is 38.8 Å². The van der Waals surface area contributed by atoms with E-state index in [2.05, 4.69) is 5.32 Å². The second-order valence-electron chi connectivity index (χ2n) is 7.57. The first kappa shape index (κ1) is 18.5. The number of likely N-dealkylation sites (tertiary alicyclic amines) is 1. The third kappa shape index (κ3) is 3.77. The average Bonchev–Trinajstić information content (AvgIpc) is 2.65. The normalized spacial score (nSPS) is 23.6. The number of rotatable bonds is 4. The third-order valence-electron chi connectivity index (χ3n) is 5.33. The smallest absolute Gasteiger partial charge is 0.248 e. The van der Waals surface area contributed by atoms with Gasteiger partial charge in [0.2, 0.25) is 11.8 Å². The largest absolute Gasteiger partial charge is 0.486 e. The number of nitrogens with two attached hydrogens (primary N) is 2. The molecule has 2 aliphatic rings.